The third-order valence-electron chi connectivity index (χ3n) is 3.16. The molecule has 0 unspecified atom stereocenters. The van der Waals surface area contributed by atoms with Gasteiger partial charge in [0.2, 0.25) is 5.95 Å². The van der Waals surface area contributed by atoms with Crippen molar-refractivity contribution in [3.8, 4) is 0 Å². The minimum atomic E-state index is 0.652. The first kappa shape index (κ1) is 11.6. The van der Waals surface area contributed by atoms with Crippen molar-refractivity contribution in [2.45, 2.75) is 32.4 Å². The van der Waals surface area contributed by atoms with Crippen LogP contribution in [-0.2, 0) is 6.54 Å². The Hall–Kier alpha value is -1.48. The molecule has 3 nitrogen and oxygen atoms in total. The third kappa shape index (κ3) is 2.51. The molecule has 94 valence electrons. The molecule has 0 aliphatic heterocycles. The molecule has 2 aromatic rings. The zero-order chi connectivity index (χ0) is 12.5. The minimum Gasteiger partial charge on any atom is -0.352 e. The topological polar surface area (TPSA) is 29.9 Å². The largest absolute Gasteiger partial charge is 0.352 e. The number of anilines is 1. The molecule has 0 radical (unpaired) electrons. The van der Waals surface area contributed by atoms with E-state index in [4.69, 9.17) is 11.6 Å². The van der Waals surface area contributed by atoms with Gasteiger partial charge in [-0.1, -0.05) is 23.7 Å². The normalized spacial score (nSPS) is 14.8. The van der Waals surface area contributed by atoms with Crippen LogP contribution in [0.5, 0.6) is 0 Å². The summed E-state index contributed by atoms with van der Waals surface area (Å²) >= 11 is 5.87. The van der Waals surface area contributed by atoms with Gasteiger partial charge in [-0.25, -0.2) is 4.98 Å². The fourth-order valence-electron chi connectivity index (χ4n) is 2.06. The second-order valence-electron chi connectivity index (χ2n) is 4.82. The molecule has 1 aromatic carbocycles. The maximum absolute atomic E-state index is 5.87. The smallest absolute Gasteiger partial charge is 0.203 e. The van der Waals surface area contributed by atoms with Crippen molar-refractivity contribution in [3.05, 3.63) is 46.7 Å². The van der Waals surface area contributed by atoms with Crippen LogP contribution >= 0.6 is 11.6 Å². The molecule has 1 N–H and O–H groups in total. The maximum Gasteiger partial charge on any atom is 0.203 e. The van der Waals surface area contributed by atoms with E-state index in [-0.39, 0.29) is 0 Å². The van der Waals surface area contributed by atoms with Crippen molar-refractivity contribution in [1.82, 2.24) is 9.55 Å². The molecular weight excluding hydrogens is 246 g/mol. The molecule has 0 saturated heterocycles. The number of rotatable bonds is 4. The first-order chi connectivity index (χ1) is 8.72. The molecule has 1 aliphatic carbocycles. The highest BCUT2D eigenvalue weighted by atomic mass is 35.5. The van der Waals surface area contributed by atoms with E-state index in [0.29, 0.717) is 6.04 Å². The van der Waals surface area contributed by atoms with Crippen LogP contribution in [0, 0.1) is 6.92 Å². The fraction of sp³-hybridized carbons (Fsp3) is 0.357. The van der Waals surface area contributed by atoms with Crippen LogP contribution in [0.4, 0.5) is 5.95 Å². The van der Waals surface area contributed by atoms with Gasteiger partial charge in [0.25, 0.3) is 0 Å². The first-order valence-electron chi connectivity index (χ1n) is 6.26. The van der Waals surface area contributed by atoms with E-state index < -0.39 is 0 Å². The maximum atomic E-state index is 5.87. The molecule has 1 aliphatic rings. The summed E-state index contributed by atoms with van der Waals surface area (Å²) in [6.07, 6.45) is 4.67. The molecule has 0 amide bonds. The number of hydrogen-bond donors (Lipinski definition) is 1. The van der Waals surface area contributed by atoms with E-state index in [1.165, 1.54) is 18.4 Å². The van der Waals surface area contributed by atoms with E-state index in [1.807, 2.05) is 31.2 Å². The Kier molecular flexibility index (Phi) is 3.00. The van der Waals surface area contributed by atoms with Crippen LogP contribution in [-0.4, -0.2) is 9.55 Å². The molecule has 1 fully saturated rings. The molecular formula is C14H16ClN3. The summed E-state index contributed by atoms with van der Waals surface area (Å²) in [5, 5.41) is 4.17. The van der Waals surface area contributed by atoms with Crippen molar-refractivity contribution >= 4 is 17.5 Å². The van der Waals surface area contributed by atoms with Gasteiger partial charge in [-0.15, -0.1) is 0 Å². The van der Waals surface area contributed by atoms with E-state index in [1.54, 1.807) is 0 Å². The first-order valence-corrected chi connectivity index (χ1v) is 6.64. The highest BCUT2D eigenvalue weighted by molar-refractivity contribution is 6.30. The average molecular weight is 262 g/mol. The number of imidazole rings is 1. The summed E-state index contributed by atoms with van der Waals surface area (Å²) in [6.45, 7) is 2.81. The number of aryl methyl sites for hydroxylation is 1. The molecule has 4 heteroatoms. The Balaban J connectivity index is 1.71. The summed E-state index contributed by atoms with van der Waals surface area (Å²) in [5.41, 5.74) is 2.28. The average Bonchev–Trinajstić information content (AvgIpc) is 3.13. The Morgan fingerprint density at radius 2 is 2.06 bits per heavy atom. The van der Waals surface area contributed by atoms with Gasteiger partial charge in [0.05, 0.1) is 5.69 Å². The summed E-state index contributed by atoms with van der Waals surface area (Å²) < 4.78 is 2.26. The molecule has 3 rings (SSSR count). The van der Waals surface area contributed by atoms with Crippen LogP contribution in [0.15, 0.2) is 30.5 Å². The highest BCUT2D eigenvalue weighted by Crippen LogP contribution is 2.37. The van der Waals surface area contributed by atoms with Crippen LogP contribution in [0.3, 0.4) is 0 Å². The molecule has 1 heterocycles. The molecule has 1 saturated carbocycles. The number of halogens is 1. The minimum absolute atomic E-state index is 0.652. The van der Waals surface area contributed by atoms with Gasteiger partial charge in [0, 0.05) is 23.8 Å². The van der Waals surface area contributed by atoms with Crippen molar-refractivity contribution in [2.24, 2.45) is 0 Å². The molecule has 1 aromatic heterocycles. The van der Waals surface area contributed by atoms with Gasteiger partial charge in [-0.2, -0.15) is 0 Å². The Morgan fingerprint density at radius 3 is 2.72 bits per heavy atom. The summed E-state index contributed by atoms with van der Waals surface area (Å²) in [6, 6.07) is 8.55. The van der Waals surface area contributed by atoms with Crippen molar-refractivity contribution in [2.75, 3.05) is 5.32 Å². The van der Waals surface area contributed by atoms with E-state index in [2.05, 4.69) is 21.1 Å². The van der Waals surface area contributed by atoms with Gasteiger partial charge < -0.3 is 9.88 Å². The molecule has 0 atom stereocenters. The fourth-order valence-corrected chi connectivity index (χ4v) is 2.19. The lowest BCUT2D eigenvalue weighted by atomic mass is 10.2. The van der Waals surface area contributed by atoms with Gasteiger partial charge >= 0.3 is 0 Å². The summed E-state index contributed by atoms with van der Waals surface area (Å²) in [7, 11) is 0. The predicted molar refractivity (Wildman–Crippen MR) is 74.0 cm³/mol. The van der Waals surface area contributed by atoms with Crippen LogP contribution in [0.2, 0.25) is 5.02 Å². The van der Waals surface area contributed by atoms with E-state index >= 15 is 0 Å². The van der Waals surface area contributed by atoms with Gasteiger partial charge in [0.1, 0.15) is 0 Å². The summed E-state index contributed by atoms with van der Waals surface area (Å²) in [4.78, 5) is 4.53. The number of hydrogen-bond acceptors (Lipinski definition) is 2. The Labute approximate surface area is 112 Å². The Bertz CT molecular complexity index is 541. The zero-order valence-corrected chi connectivity index (χ0v) is 11.1. The monoisotopic (exact) mass is 261 g/mol. The van der Waals surface area contributed by atoms with Crippen LogP contribution in [0.1, 0.15) is 30.1 Å². The number of benzene rings is 1. The van der Waals surface area contributed by atoms with Crippen molar-refractivity contribution in [1.29, 1.82) is 0 Å². The quantitative estimate of drug-likeness (QED) is 0.907. The van der Waals surface area contributed by atoms with E-state index in [9.17, 15) is 0 Å². The van der Waals surface area contributed by atoms with E-state index in [0.717, 1.165) is 23.2 Å². The zero-order valence-electron chi connectivity index (χ0n) is 10.4. The van der Waals surface area contributed by atoms with Gasteiger partial charge in [-0.3, -0.25) is 0 Å². The third-order valence-corrected chi connectivity index (χ3v) is 3.41. The summed E-state index contributed by atoms with van der Waals surface area (Å²) in [5.74, 6) is 0.977. The Morgan fingerprint density at radius 1 is 1.33 bits per heavy atom. The van der Waals surface area contributed by atoms with Crippen LogP contribution < -0.4 is 5.32 Å². The lowest BCUT2D eigenvalue weighted by molar-refractivity contribution is 0.742. The number of nitrogens with one attached hydrogen (secondary N) is 1. The highest BCUT2D eigenvalue weighted by Gasteiger charge is 2.26. The number of aromatic nitrogens is 2. The molecule has 0 spiro atoms. The second-order valence-corrected chi connectivity index (χ2v) is 5.26. The number of nitrogens with zero attached hydrogens (tertiary/aromatic N) is 2. The lowest BCUT2D eigenvalue weighted by Crippen LogP contribution is -2.06. The molecule has 18 heavy (non-hydrogen) atoms. The SMILES string of the molecule is Cc1cn(C2CC2)c(NCc2ccc(Cl)cc2)n1. The van der Waals surface area contributed by atoms with Crippen molar-refractivity contribution < 1.29 is 0 Å². The van der Waals surface area contributed by atoms with Gasteiger partial charge in [-0.05, 0) is 37.5 Å². The predicted octanol–water partition coefficient (Wildman–Crippen LogP) is 3.79. The second kappa shape index (κ2) is 4.65. The van der Waals surface area contributed by atoms with Gasteiger partial charge in [0.15, 0.2) is 0 Å². The van der Waals surface area contributed by atoms with Crippen molar-refractivity contribution in [3.63, 3.8) is 0 Å². The molecule has 0 bridgehead atoms. The lowest BCUT2D eigenvalue weighted by Gasteiger charge is -2.08. The van der Waals surface area contributed by atoms with Crippen LogP contribution in [0.25, 0.3) is 0 Å². The standard InChI is InChI=1S/C14H16ClN3/c1-10-9-18(13-6-7-13)14(17-10)16-8-11-2-4-12(15)5-3-11/h2-5,9,13H,6-8H2,1H3,(H,16,17).